The fraction of sp³-hybridized carbons (Fsp3) is 0.667. The molecule has 0 aliphatic heterocycles. The van der Waals surface area contributed by atoms with Gasteiger partial charge in [-0.2, -0.15) is 0 Å². The Morgan fingerprint density at radius 3 is 3.00 bits per heavy atom. The average Bonchev–Trinajstić information content (AvgIpc) is 2.49. The molecule has 0 amide bonds. The minimum absolute atomic E-state index is 0.240. The first kappa shape index (κ1) is 10.6. The lowest BCUT2D eigenvalue weighted by Gasteiger charge is -2.10. The van der Waals surface area contributed by atoms with Gasteiger partial charge in [0.1, 0.15) is 0 Å². The first-order valence-corrected chi connectivity index (χ1v) is 5.35. The van der Waals surface area contributed by atoms with Gasteiger partial charge in [-0.1, -0.05) is 0 Å². The van der Waals surface area contributed by atoms with Crippen molar-refractivity contribution >= 4 is 11.3 Å². The predicted molar refractivity (Wildman–Crippen MR) is 54.9 cm³/mol. The highest BCUT2D eigenvalue weighted by Crippen LogP contribution is 2.07. The summed E-state index contributed by atoms with van der Waals surface area (Å²) in [5.74, 6) is 0. The number of hydrogen-bond donors (Lipinski definition) is 2. The summed E-state index contributed by atoms with van der Waals surface area (Å²) in [5, 5.41) is 15.1. The van der Waals surface area contributed by atoms with E-state index < -0.39 is 0 Å². The summed E-state index contributed by atoms with van der Waals surface area (Å²) in [4.78, 5) is 4.34. The van der Waals surface area contributed by atoms with Crippen LogP contribution in [0.25, 0.3) is 0 Å². The maximum absolute atomic E-state index is 8.68. The molecule has 0 unspecified atom stereocenters. The normalized spacial score (nSPS) is 13.2. The lowest BCUT2D eigenvalue weighted by Crippen LogP contribution is -2.26. The van der Waals surface area contributed by atoms with Crippen molar-refractivity contribution in [3.63, 3.8) is 0 Å². The smallest absolute Gasteiger partial charge is 0.0897 e. The largest absolute Gasteiger partial charge is 0.396 e. The molecular formula is C9H16N2OS. The Hall–Kier alpha value is -0.450. The SMILES string of the molecule is Cc1nc(CN[C@H](C)CCO)cs1. The molecule has 1 aromatic rings. The first-order chi connectivity index (χ1) is 6.22. The molecule has 4 heteroatoms. The van der Waals surface area contributed by atoms with Gasteiger partial charge in [0.2, 0.25) is 0 Å². The molecule has 0 saturated carbocycles. The Kier molecular flexibility index (Phi) is 4.35. The Labute approximate surface area is 82.8 Å². The van der Waals surface area contributed by atoms with Crippen LogP contribution in [0.3, 0.4) is 0 Å². The van der Waals surface area contributed by atoms with Crippen LogP contribution in [0.1, 0.15) is 24.0 Å². The highest BCUT2D eigenvalue weighted by molar-refractivity contribution is 7.09. The quantitative estimate of drug-likeness (QED) is 0.753. The van der Waals surface area contributed by atoms with Gasteiger partial charge in [0.25, 0.3) is 0 Å². The van der Waals surface area contributed by atoms with Gasteiger partial charge < -0.3 is 10.4 Å². The zero-order valence-corrected chi connectivity index (χ0v) is 8.90. The molecule has 0 spiro atoms. The molecule has 13 heavy (non-hydrogen) atoms. The molecule has 2 N–H and O–H groups in total. The standard InChI is InChI=1S/C9H16N2OS/c1-7(3-4-12)10-5-9-6-13-8(2)11-9/h6-7,10,12H,3-5H2,1-2H3/t7-/m1/s1. The molecular weight excluding hydrogens is 184 g/mol. The zero-order valence-electron chi connectivity index (χ0n) is 8.08. The second kappa shape index (κ2) is 5.32. The number of rotatable bonds is 5. The van der Waals surface area contributed by atoms with Crippen molar-refractivity contribution in [1.82, 2.24) is 10.3 Å². The third kappa shape index (κ3) is 3.85. The van der Waals surface area contributed by atoms with Crippen molar-refractivity contribution in [1.29, 1.82) is 0 Å². The number of aliphatic hydroxyl groups excluding tert-OH is 1. The molecule has 1 aromatic heterocycles. The van der Waals surface area contributed by atoms with E-state index in [2.05, 4.69) is 22.6 Å². The minimum atomic E-state index is 0.240. The van der Waals surface area contributed by atoms with Crippen LogP contribution in [0.15, 0.2) is 5.38 Å². The topological polar surface area (TPSA) is 45.2 Å². The van der Waals surface area contributed by atoms with E-state index in [9.17, 15) is 0 Å². The van der Waals surface area contributed by atoms with Crippen LogP contribution in [-0.4, -0.2) is 22.7 Å². The first-order valence-electron chi connectivity index (χ1n) is 4.47. The average molecular weight is 200 g/mol. The molecule has 0 aromatic carbocycles. The second-order valence-electron chi connectivity index (χ2n) is 3.15. The number of hydrogen-bond acceptors (Lipinski definition) is 4. The van der Waals surface area contributed by atoms with Crippen LogP contribution in [0.4, 0.5) is 0 Å². The molecule has 0 aliphatic carbocycles. The minimum Gasteiger partial charge on any atom is -0.396 e. The highest BCUT2D eigenvalue weighted by atomic mass is 32.1. The van der Waals surface area contributed by atoms with Crippen LogP contribution < -0.4 is 5.32 Å². The molecule has 1 atom stereocenters. The van der Waals surface area contributed by atoms with Crippen molar-refractivity contribution < 1.29 is 5.11 Å². The maximum atomic E-state index is 8.68. The van der Waals surface area contributed by atoms with E-state index in [1.165, 1.54) is 0 Å². The van der Waals surface area contributed by atoms with E-state index in [1.807, 2.05) is 6.92 Å². The fourth-order valence-electron chi connectivity index (χ4n) is 1.06. The Balaban J connectivity index is 2.26. The Morgan fingerprint density at radius 1 is 1.69 bits per heavy atom. The maximum Gasteiger partial charge on any atom is 0.0897 e. The van der Waals surface area contributed by atoms with Crippen molar-refractivity contribution in [3.8, 4) is 0 Å². The van der Waals surface area contributed by atoms with Crippen molar-refractivity contribution in [3.05, 3.63) is 16.1 Å². The summed E-state index contributed by atoms with van der Waals surface area (Å²) < 4.78 is 0. The Bertz CT molecular complexity index is 250. The monoisotopic (exact) mass is 200 g/mol. The van der Waals surface area contributed by atoms with E-state index in [0.29, 0.717) is 6.04 Å². The van der Waals surface area contributed by atoms with Crippen LogP contribution in [0.2, 0.25) is 0 Å². The molecule has 1 rings (SSSR count). The third-order valence-electron chi connectivity index (χ3n) is 1.86. The molecule has 0 bridgehead atoms. The van der Waals surface area contributed by atoms with Crippen LogP contribution in [-0.2, 0) is 6.54 Å². The van der Waals surface area contributed by atoms with Crippen LogP contribution >= 0.6 is 11.3 Å². The van der Waals surface area contributed by atoms with Gasteiger partial charge in [-0.05, 0) is 20.3 Å². The number of aliphatic hydroxyl groups is 1. The summed E-state index contributed by atoms with van der Waals surface area (Å²) >= 11 is 1.67. The molecule has 3 nitrogen and oxygen atoms in total. The molecule has 0 radical (unpaired) electrons. The summed E-state index contributed by atoms with van der Waals surface area (Å²) in [7, 11) is 0. The van der Waals surface area contributed by atoms with Gasteiger partial charge in [-0.25, -0.2) is 4.98 Å². The summed E-state index contributed by atoms with van der Waals surface area (Å²) in [5.41, 5.74) is 1.09. The van der Waals surface area contributed by atoms with E-state index >= 15 is 0 Å². The van der Waals surface area contributed by atoms with Gasteiger partial charge in [-0.3, -0.25) is 0 Å². The molecule has 0 fully saturated rings. The number of nitrogens with one attached hydrogen (secondary N) is 1. The lowest BCUT2D eigenvalue weighted by molar-refractivity contribution is 0.268. The van der Waals surface area contributed by atoms with E-state index in [0.717, 1.165) is 23.7 Å². The number of aryl methyl sites for hydroxylation is 1. The number of thiazole rings is 1. The number of aromatic nitrogens is 1. The summed E-state index contributed by atoms with van der Waals surface area (Å²) in [6.07, 6.45) is 0.795. The van der Waals surface area contributed by atoms with E-state index in [4.69, 9.17) is 5.11 Å². The van der Waals surface area contributed by atoms with Gasteiger partial charge >= 0.3 is 0 Å². The molecule has 0 saturated heterocycles. The van der Waals surface area contributed by atoms with E-state index in [1.54, 1.807) is 11.3 Å². The molecule has 74 valence electrons. The molecule has 1 heterocycles. The van der Waals surface area contributed by atoms with Gasteiger partial charge in [0.15, 0.2) is 0 Å². The van der Waals surface area contributed by atoms with Crippen LogP contribution in [0, 0.1) is 6.92 Å². The summed E-state index contributed by atoms with van der Waals surface area (Å²) in [6, 6.07) is 0.354. The van der Waals surface area contributed by atoms with E-state index in [-0.39, 0.29) is 6.61 Å². The second-order valence-corrected chi connectivity index (χ2v) is 4.21. The van der Waals surface area contributed by atoms with Crippen molar-refractivity contribution in [2.45, 2.75) is 32.9 Å². The van der Waals surface area contributed by atoms with Gasteiger partial charge in [0.05, 0.1) is 10.7 Å². The lowest BCUT2D eigenvalue weighted by atomic mass is 10.2. The predicted octanol–water partition coefficient (Wildman–Crippen LogP) is 1.31. The van der Waals surface area contributed by atoms with Crippen LogP contribution in [0.5, 0.6) is 0 Å². The Morgan fingerprint density at radius 2 is 2.46 bits per heavy atom. The number of nitrogens with zero attached hydrogens (tertiary/aromatic N) is 1. The van der Waals surface area contributed by atoms with Crippen molar-refractivity contribution in [2.24, 2.45) is 0 Å². The zero-order chi connectivity index (χ0) is 9.68. The third-order valence-corrected chi connectivity index (χ3v) is 2.68. The van der Waals surface area contributed by atoms with Gasteiger partial charge in [-0.15, -0.1) is 11.3 Å². The summed E-state index contributed by atoms with van der Waals surface area (Å²) in [6.45, 7) is 5.11. The molecule has 0 aliphatic rings. The van der Waals surface area contributed by atoms with Crippen molar-refractivity contribution in [2.75, 3.05) is 6.61 Å². The fourth-order valence-corrected chi connectivity index (χ4v) is 1.68. The van der Waals surface area contributed by atoms with Gasteiger partial charge in [0, 0.05) is 24.6 Å². The highest BCUT2D eigenvalue weighted by Gasteiger charge is 2.02.